The van der Waals surface area contributed by atoms with E-state index in [0.29, 0.717) is 18.5 Å². The summed E-state index contributed by atoms with van der Waals surface area (Å²) in [4.78, 5) is 49.6. The number of rotatable bonds is 12. The van der Waals surface area contributed by atoms with Crippen molar-refractivity contribution in [3.8, 4) is 5.75 Å². The summed E-state index contributed by atoms with van der Waals surface area (Å²) in [6, 6.07) is 11.1. The van der Waals surface area contributed by atoms with Gasteiger partial charge < -0.3 is 26.4 Å². The highest BCUT2D eigenvalue weighted by molar-refractivity contribution is 5.91. The smallest absolute Gasteiger partial charge is 0.245 e. The first-order valence-electron chi connectivity index (χ1n) is 10.8. The van der Waals surface area contributed by atoms with E-state index in [1.54, 1.807) is 24.3 Å². The van der Waals surface area contributed by atoms with E-state index in [1.807, 2.05) is 0 Å². The lowest BCUT2D eigenvalue weighted by Gasteiger charge is -2.24. The summed E-state index contributed by atoms with van der Waals surface area (Å²) in [5, 5.41) is 14.6. The van der Waals surface area contributed by atoms with Crippen molar-refractivity contribution < 1.29 is 28.7 Å². The Morgan fingerprint density at radius 3 is 2.21 bits per heavy atom. The van der Waals surface area contributed by atoms with E-state index in [0.717, 1.165) is 5.56 Å². The minimum Gasteiger partial charge on any atom is -0.508 e. The molecule has 0 aliphatic carbocycles. The number of amides is 4. The van der Waals surface area contributed by atoms with Gasteiger partial charge in [-0.3, -0.25) is 19.2 Å². The number of primary amides is 1. The third kappa shape index (κ3) is 9.27. The quantitative estimate of drug-likeness (QED) is 0.359. The lowest BCUT2D eigenvalue weighted by molar-refractivity contribution is -0.138. The highest BCUT2D eigenvalue weighted by Crippen LogP contribution is 2.10. The zero-order valence-electron chi connectivity index (χ0n) is 18.9. The van der Waals surface area contributed by atoms with Crippen LogP contribution in [0.3, 0.4) is 0 Å². The zero-order chi connectivity index (χ0) is 25.1. The minimum atomic E-state index is -1.01. The first-order valence-corrected chi connectivity index (χ1v) is 10.8. The Hall–Kier alpha value is -3.95. The van der Waals surface area contributed by atoms with E-state index in [9.17, 15) is 28.7 Å². The topological polar surface area (TPSA) is 142 Å². The molecule has 0 heterocycles. The predicted molar refractivity (Wildman–Crippen MR) is 123 cm³/mol. The fourth-order valence-electron chi connectivity index (χ4n) is 3.18. The SMILES string of the molecule is CN(CC(=O)NCCc1ccc(O)cc1)C(=O)[C@H](Cc1ccc(F)cc1)NC(=O)CCC(N)=O. The largest absolute Gasteiger partial charge is 0.508 e. The van der Waals surface area contributed by atoms with Gasteiger partial charge in [0.1, 0.15) is 17.6 Å². The number of nitrogens with one attached hydrogen (secondary N) is 2. The van der Waals surface area contributed by atoms with Gasteiger partial charge in [-0.25, -0.2) is 4.39 Å². The van der Waals surface area contributed by atoms with Crippen LogP contribution in [0.25, 0.3) is 0 Å². The summed E-state index contributed by atoms with van der Waals surface area (Å²) in [5.74, 6) is -2.34. The van der Waals surface area contributed by atoms with Crippen molar-refractivity contribution in [3.63, 3.8) is 0 Å². The molecule has 1 atom stereocenters. The second-order valence-corrected chi connectivity index (χ2v) is 7.88. The third-order valence-corrected chi connectivity index (χ3v) is 5.01. The number of hydrogen-bond acceptors (Lipinski definition) is 5. The van der Waals surface area contributed by atoms with Crippen LogP contribution in [-0.4, -0.2) is 59.8 Å². The number of halogens is 1. The van der Waals surface area contributed by atoms with Crippen LogP contribution < -0.4 is 16.4 Å². The van der Waals surface area contributed by atoms with Gasteiger partial charge >= 0.3 is 0 Å². The molecule has 0 aromatic heterocycles. The van der Waals surface area contributed by atoms with Crippen LogP contribution in [-0.2, 0) is 32.0 Å². The van der Waals surface area contributed by atoms with Crippen molar-refractivity contribution in [2.45, 2.75) is 31.7 Å². The minimum absolute atomic E-state index is 0.0776. The average Bonchev–Trinajstić information content (AvgIpc) is 2.79. The molecule has 0 saturated carbocycles. The van der Waals surface area contributed by atoms with Crippen LogP contribution in [0.15, 0.2) is 48.5 Å². The molecule has 34 heavy (non-hydrogen) atoms. The number of phenolic OH excluding ortho intramolecular Hbond substituents is 1. The summed E-state index contributed by atoms with van der Waals surface area (Å²) in [6.07, 6.45) is 0.285. The number of likely N-dealkylation sites (N-methyl/N-ethyl adjacent to an activating group) is 1. The van der Waals surface area contributed by atoms with Crippen LogP contribution in [0.4, 0.5) is 4.39 Å². The van der Waals surface area contributed by atoms with Crippen LogP contribution >= 0.6 is 0 Å². The van der Waals surface area contributed by atoms with E-state index in [1.165, 1.54) is 36.2 Å². The third-order valence-electron chi connectivity index (χ3n) is 5.01. The Kier molecular flexibility index (Phi) is 10.0. The maximum absolute atomic E-state index is 13.2. The Bertz CT molecular complexity index is 995. The Balaban J connectivity index is 1.94. The fourth-order valence-corrected chi connectivity index (χ4v) is 3.18. The molecule has 2 aromatic carbocycles. The van der Waals surface area contributed by atoms with E-state index >= 15 is 0 Å². The van der Waals surface area contributed by atoms with Gasteiger partial charge in [-0.2, -0.15) is 0 Å². The lowest BCUT2D eigenvalue weighted by Crippen LogP contribution is -2.50. The summed E-state index contributed by atoms with van der Waals surface area (Å²) < 4.78 is 13.2. The second kappa shape index (κ2) is 12.9. The normalized spacial score (nSPS) is 11.4. The van der Waals surface area contributed by atoms with Crippen molar-refractivity contribution in [3.05, 3.63) is 65.5 Å². The molecular weight excluding hydrogens is 443 g/mol. The molecular formula is C24H29FN4O5. The van der Waals surface area contributed by atoms with Gasteiger partial charge in [0.15, 0.2) is 0 Å². The van der Waals surface area contributed by atoms with Gasteiger partial charge in [0, 0.05) is 32.9 Å². The zero-order valence-corrected chi connectivity index (χ0v) is 18.9. The number of benzene rings is 2. The van der Waals surface area contributed by atoms with E-state index < -0.39 is 29.6 Å². The van der Waals surface area contributed by atoms with Crippen molar-refractivity contribution in [1.82, 2.24) is 15.5 Å². The molecule has 0 saturated heterocycles. The van der Waals surface area contributed by atoms with Crippen LogP contribution in [0.5, 0.6) is 5.75 Å². The monoisotopic (exact) mass is 472 g/mol. The molecule has 9 nitrogen and oxygen atoms in total. The first-order chi connectivity index (χ1) is 16.1. The predicted octanol–water partition coefficient (Wildman–Crippen LogP) is 0.641. The molecule has 0 spiro atoms. The maximum atomic E-state index is 13.2. The van der Waals surface area contributed by atoms with Crippen molar-refractivity contribution in [1.29, 1.82) is 0 Å². The van der Waals surface area contributed by atoms with Gasteiger partial charge in [-0.15, -0.1) is 0 Å². The van der Waals surface area contributed by atoms with Gasteiger partial charge in [0.2, 0.25) is 23.6 Å². The maximum Gasteiger partial charge on any atom is 0.245 e. The van der Waals surface area contributed by atoms with E-state index in [4.69, 9.17) is 5.73 Å². The van der Waals surface area contributed by atoms with Gasteiger partial charge in [0.25, 0.3) is 0 Å². The van der Waals surface area contributed by atoms with Gasteiger partial charge in [0.05, 0.1) is 6.54 Å². The molecule has 0 aliphatic rings. The highest BCUT2D eigenvalue weighted by atomic mass is 19.1. The number of phenols is 1. The number of hydrogen-bond donors (Lipinski definition) is 4. The number of carbonyl (C=O) groups is 4. The van der Waals surface area contributed by atoms with Gasteiger partial charge in [-0.05, 0) is 41.8 Å². The molecule has 2 aromatic rings. The number of nitrogens with two attached hydrogens (primary N) is 1. The van der Waals surface area contributed by atoms with E-state index in [-0.39, 0.29) is 37.5 Å². The summed E-state index contributed by atoms with van der Waals surface area (Å²) >= 11 is 0. The Morgan fingerprint density at radius 1 is 0.971 bits per heavy atom. The second-order valence-electron chi connectivity index (χ2n) is 7.88. The molecule has 0 bridgehead atoms. The number of carbonyl (C=O) groups excluding carboxylic acids is 4. The molecule has 2 rings (SSSR count). The number of nitrogens with zero attached hydrogens (tertiary/aromatic N) is 1. The van der Waals surface area contributed by atoms with Crippen molar-refractivity contribution in [2.75, 3.05) is 20.1 Å². The van der Waals surface area contributed by atoms with Crippen molar-refractivity contribution >= 4 is 23.6 Å². The number of aromatic hydroxyl groups is 1. The van der Waals surface area contributed by atoms with E-state index in [2.05, 4.69) is 10.6 Å². The van der Waals surface area contributed by atoms with Crippen LogP contribution in [0.2, 0.25) is 0 Å². The van der Waals surface area contributed by atoms with Crippen LogP contribution in [0.1, 0.15) is 24.0 Å². The molecule has 4 amide bonds. The highest BCUT2D eigenvalue weighted by Gasteiger charge is 2.25. The summed E-state index contributed by atoms with van der Waals surface area (Å²) in [5.41, 5.74) is 6.61. The lowest BCUT2D eigenvalue weighted by atomic mass is 10.0. The molecule has 182 valence electrons. The molecule has 0 fully saturated rings. The molecule has 0 unspecified atom stereocenters. The molecule has 5 N–H and O–H groups in total. The Labute approximate surface area is 197 Å². The van der Waals surface area contributed by atoms with Crippen LogP contribution in [0, 0.1) is 5.82 Å². The van der Waals surface area contributed by atoms with Crippen molar-refractivity contribution in [2.24, 2.45) is 5.73 Å². The molecule has 0 radical (unpaired) electrons. The molecule has 10 heteroatoms. The van der Waals surface area contributed by atoms with Gasteiger partial charge in [-0.1, -0.05) is 24.3 Å². The standard InChI is InChI=1S/C24H29FN4O5/c1-29(15-23(33)27-13-12-16-4-8-19(30)9-5-16)24(34)20(28-22(32)11-10-21(26)31)14-17-2-6-18(25)7-3-17/h2-9,20,30H,10-15H2,1H3,(H2,26,31)(H,27,33)(H,28,32)/t20-/m0/s1. The summed E-state index contributed by atoms with van der Waals surface area (Å²) in [6.45, 7) is 0.111. The molecule has 0 aliphatic heterocycles. The summed E-state index contributed by atoms with van der Waals surface area (Å²) in [7, 11) is 1.44. The Morgan fingerprint density at radius 2 is 1.59 bits per heavy atom. The first kappa shape index (κ1) is 26.3. The average molecular weight is 473 g/mol. The fraction of sp³-hybridized carbons (Fsp3) is 0.333.